The number of rotatable bonds is 13. The van der Waals surface area contributed by atoms with Gasteiger partial charge in [-0.15, -0.1) is 0 Å². The number of hydrogen-bond acceptors (Lipinski definition) is 6. The fourth-order valence-corrected chi connectivity index (χ4v) is 5.37. The number of carbonyl (C=O) groups is 4. The van der Waals surface area contributed by atoms with Gasteiger partial charge in [-0.1, -0.05) is 61.0 Å². The van der Waals surface area contributed by atoms with Crippen molar-refractivity contribution in [3.63, 3.8) is 0 Å². The summed E-state index contributed by atoms with van der Waals surface area (Å²) in [5, 5.41) is 21.0. The summed E-state index contributed by atoms with van der Waals surface area (Å²) in [7, 11) is 0. The number of carboxylic acids is 2. The second-order valence-corrected chi connectivity index (χ2v) is 10.5. The van der Waals surface area contributed by atoms with Crippen molar-refractivity contribution < 1.29 is 29.4 Å². The Bertz CT molecular complexity index is 1130. The van der Waals surface area contributed by atoms with Crippen LogP contribution in [-0.2, 0) is 25.6 Å². The SMILES string of the molecule is N[C@@H](CCC(=O)N[C@@H](CS)C(=O)N(CC(=O)O)C1CCCC(Cc2ccc(-c3ccccc3)cc2)C1)C(=O)O. The minimum absolute atomic E-state index is 0.0183. The second kappa shape index (κ2) is 14.7. The lowest BCUT2D eigenvalue weighted by molar-refractivity contribution is -0.148. The lowest BCUT2D eigenvalue weighted by Gasteiger charge is -2.38. The number of nitrogens with zero attached hydrogens (tertiary/aromatic N) is 1. The third kappa shape index (κ3) is 9.11. The van der Waals surface area contributed by atoms with Crippen LogP contribution in [-0.4, -0.2) is 69.3 Å². The molecule has 39 heavy (non-hydrogen) atoms. The molecule has 2 amide bonds. The van der Waals surface area contributed by atoms with E-state index in [4.69, 9.17) is 10.8 Å². The number of nitrogens with one attached hydrogen (secondary N) is 1. The van der Waals surface area contributed by atoms with Gasteiger partial charge in [0.25, 0.3) is 0 Å². The summed E-state index contributed by atoms with van der Waals surface area (Å²) in [4.78, 5) is 49.7. The lowest BCUT2D eigenvalue weighted by Crippen LogP contribution is -2.55. The van der Waals surface area contributed by atoms with Gasteiger partial charge in [0, 0.05) is 18.2 Å². The van der Waals surface area contributed by atoms with E-state index in [1.54, 1.807) is 0 Å². The Balaban J connectivity index is 1.64. The van der Waals surface area contributed by atoms with Crippen molar-refractivity contribution in [1.82, 2.24) is 10.2 Å². The molecule has 1 saturated carbocycles. The van der Waals surface area contributed by atoms with Gasteiger partial charge in [0.2, 0.25) is 11.8 Å². The normalized spacial score (nSPS) is 18.5. The molecule has 1 aliphatic carbocycles. The molecule has 10 heteroatoms. The van der Waals surface area contributed by atoms with Crippen molar-refractivity contribution in [3.8, 4) is 11.1 Å². The van der Waals surface area contributed by atoms with Crippen molar-refractivity contribution in [2.24, 2.45) is 11.7 Å². The predicted octanol–water partition coefficient (Wildman–Crippen LogP) is 2.97. The summed E-state index contributed by atoms with van der Waals surface area (Å²) >= 11 is 4.21. The highest BCUT2D eigenvalue weighted by Gasteiger charge is 2.34. The minimum atomic E-state index is -1.21. The van der Waals surface area contributed by atoms with E-state index >= 15 is 0 Å². The summed E-state index contributed by atoms with van der Waals surface area (Å²) in [5.74, 6) is -3.10. The van der Waals surface area contributed by atoms with Crippen LogP contribution in [0.4, 0.5) is 0 Å². The van der Waals surface area contributed by atoms with E-state index in [0.29, 0.717) is 12.8 Å². The van der Waals surface area contributed by atoms with E-state index in [2.05, 4.69) is 54.3 Å². The molecule has 0 radical (unpaired) electrons. The molecule has 1 fully saturated rings. The predicted molar refractivity (Wildman–Crippen MR) is 151 cm³/mol. The first-order valence-electron chi connectivity index (χ1n) is 13.2. The number of benzene rings is 2. The maximum Gasteiger partial charge on any atom is 0.323 e. The molecule has 0 heterocycles. The van der Waals surface area contributed by atoms with Crippen LogP contribution in [0.5, 0.6) is 0 Å². The van der Waals surface area contributed by atoms with E-state index in [1.165, 1.54) is 10.5 Å². The first-order chi connectivity index (χ1) is 18.7. The third-order valence-electron chi connectivity index (χ3n) is 7.19. The van der Waals surface area contributed by atoms with Crippen LogP contribution in [0.3, 0.4) is 0 Å². The second-order valence-electron chi connectivity index (χ2n) is 10.1. The number of carboxylic acid groups (broad SMARTS) is 2. The van der Waals surface area contributed by atoms with Crippen LogP contribution in [0, 0.1) is 5.92 Å². The minimum Gasteiger partial charge on any atom is -0.480 e. The molecule has 2 unspecified atom stereocenters. The van der Waals surface area contributed by atoms with Gasteiger partial charge in [0.15, 0.2) is 0 Å². The van der Waals surface area contributed by atoms with Crippen LogP contribution >= 0.6 is 12.6 Å². The van der Waals surface area contributed by atoms with E-state index in [1.807, 2.05) is 18.2 Å². The average Bonchev–Trinajstić information content (AvgIpc) is 2.93. The fraction of sp³-hybridized carbons (Fsp3) is 0.448. The smallest absolute Gasteiger partial charge is 0.323 e. The molecule has 3 rings (SSSR count). The zero-order chi connectivity index (χ0) is 28.4. The summed E-state index contributed by atoms with van der Waals surface area (Å²) in [6, 6.07) is 16.1. The number of carbonyl (C=O) groups excluding carboxylic acids is 2. The van der Waals surface area contributed by atoms with Gasteiger partial charge in [0.05, 0.1) is 0 Å². The zero-order valence-corrected chi connectivity index (χ0v) is 22.8. The molecule has 0 aromatic heterocycles. The molecule has 0 bridgehead atoms. The molecule has 4 atom stereocenters. The van der Waals surface area contributed by atoms with Gasteiger partial charge in [-0.25, -0.2) is 0 Å². The van der Waals surface area contributed by atoms with Gasteiger partial charge in [-0.3, -0.25) is 19.2 Å². The van der Waals surface area contributed by atoms with Crippen LogP contribution in [0.15, 0.2) is 54.6 Å². The Morgan fingerprint density at radius 3 is 2.28 bits per heavy atom. The monoisotopic (exact) mass is 555 g/mol. The largest absolute Gasteiger partial charge is 0.480 e. The van der Waals surface area contributed by atoms with Gasteiger partial charge in [0.1, 0.15) is 18.6 Å². The van der Waals surface area contributed by atoms with Gasteiger partial charge in [-0.05, 0) is 54.7 Å². The number of nitrogens with two attached hydrogens (primary N) is 1. The number of thiol groups is 1. The number of amides is 2. The highest BCUT2D eigenvalue weighted by Crippen LogP contribution is 2.31. The highest BCUT2D eigenvalue weighted by atomic mass is 32.1. The maximum atomic E-state index is 13.4. The Kier molecular flexibility index (Phi) is 11.4. The molecule has 2 aromatic carbocycles. The number of hydrogen-bond donors (Lipinski definition) is 5. The molecule has 9 nitrogen and oxygen atoms in total. The van der Waals surface area contributed by atoms with Crippen LogP contribution < -0.4 is 11.1 Å². The molecule has 0 saturated heterocycles. The first kappa shape index (κ1) is 30.2. The highest BCUT2D eigenvalue weighted by molar-refractivity contribution is 7.80. The lowest BCUT2D eigenvalue weighted by atomic mass is 9.81. The van der Waals surface area contributed by atoms with Crippen LogP contribution in [0.1, 0.15) is 44.1 Å². The quantitative estimate of drug-likeness (QED) is 0.239. The van der Waals surface area contributed by atoms with Gasteiger partial charge >= 0.3 is 11.9 Å². The van der Waals surface area contributed by atoms with Crippen molar-refractivity contribution in [1.29, 1.82) is 0 Å². The summed E-state index contributed by atoms with van der Waals surface area (Å²) in [6.45, 7) is -0.466. The van der Waals surface area contributed by atoms with Crippen molar-refractivity contribution in [3.05, 3.63) is 60.2 Å². The van der Waals surface area contributed by atoms with E-state index in [0.717, 1.165) is 30.4 Å². The van der Waals surface area contributed by atoms with Crippen LogP contribution in [0.2, 0.25) is 0 Å². The Hall–Kier alpha value is -3.37. The summed E-state index contributed by atoms with van der Waals surface area (Å²) < 4.78 is 0. The fourth-order valence-electron chi connectivity index (χ4n) is 5.12. The summed E-state index contributed by atoms with van der Waals surface area (Å²) in [6.07, 6.45) is 3.79. The maximum absolute atomic E-state index is 13.4. The average molecular weight is 556 g/mol. The molecular weight excluding hydrogens is 518 g/mol. The molecule has 1 aliphatic rings. The topological polar surface area (TPSA) is 150 Å². The molecule has 0 spiro atoms. The van der Waals surface area contributed by atoms with Crippen molar-refractivity contribution in [2.45, 2.75) is 63.1 Å². The van der Waals surface area contributed by atoms with Crippen molar-refractivity contribution >= 4 is 36.4 Å². The molecule has 5 N–H and O–H groups in total. The third-order valence-corrected chi connectivity index (χ3v) is 7.55. The molecule has 210 valence electrons. The Morgan fingerprint density at radius 1 is 1.00 bits per heavy atom. The first-order valence-corrected chi connectivity index (χ1v) is 13.9. The van der Waals surface area contributed by atoms with E-state index in [-0.39, 0.29) is 30.6 Å². The Labute approximate surface area is 234 Å². The van der Waals surface area contributed by atoms with Crippen LogP contribution in [0.25, 0.3) is 11.1 Å². The summed E-state index contributed by atoms with van der Waals surface area (Å²) in [5.41, 5.74) is 8.94. The van der Waals surface area contributed by atoms with E-state index in [9.17, 15) is 24.3 Å². The standard InChI is InChI=1S/C29H37N3O6S/c30-24(29(37)38)13-14-26(33)31-25(18-39)28(36)32(17-27(34)35)23-8-4-5-20(16-23)15-19-9-11-22(12-10-19)21-6-2-1-3-7-21/h1-3,6-7,9-12,20,23-25,39H,4-5,8,13-18,30H2,(H,31,33)(H,34,35)(H,37,38)/t20?,23?,24-,25-/m0/s1. The number of aliphatic carboxylic acids is 2. The van der Waals surface area contributed by atoms with E-state index < -0.39 is 42.4 Å². The Morgan fingerprint density at radius 2 is 1.67 bits per heavy atom. The molecular formula is C29H37N3O6S. The zero-order valence-electron chi connectivity index (χ0n) is 21.9. The molecule has 2 aromatic rings. The van der Waals surface area contributed by atoms with Gasteiger partial charge < -0.3 is 26.2 Å². The molecule has 0 aliphatic heterocycles. The van der Waals surface area contributed by atoms with Gasteiger partial charge in [-0.2, -0.15) is 12.6 Å². The van der Waals surface area contributed by atoms with Crippen molar-refractivity contribution in [2.75, 3.05) is 12.3 Å².